The van der Waals surface area contributed by atoms with Crippen LogP contribution >= 0.6 is 0 Å². The first-order valence-electron chi connectivity index (χ1n) is 4.37. The summed E-state index contributed by atoms with van der Waals surface area (Å²) in [7, 11) is 0. The van der Waals surface area contributed by atoms with E-state index in [1.54, 1.807) is 6.07 Å². The molecule has 0 aromatic heterocycles. The van der Waals surface area contributed by atoms with Crippen molar-refractivity contribution in [2.45, 2.75) is 18.9 Å². The van der Waals surface area contributed by atoms with Crippen molar-refractivity contribution in [3.05, 3.63) is 29.3 Å². The van der Waals surface area contributed by atoms with E-state index in [2.05, 4.69) is 5.32 Å². The van der Waals surface area contributed by atoms with Crippen molar-refractivity contribution in [3.63, 3.8) is 0 Å². The number of nitrogens with zero attached hydrogens (tertiary/aromatic N) is 1. The van der Waals surface area contributed by atoms with E-state index in [-0.39, 0.29) is 17.3 Å². The first kappa shape index (κ1) is 8.95. The summed E-state index contributed by atoms with van der Waals surface area (Å²) >= 11 is 0. The van der Waals surface area contributed by atoms with Crippen molar-refractivity contribution in [1.29, 1.82) is 5.26 Å². The molecular weight excluding hydrogens is 186 g/mol. The third-order valence-corrected chi connectivity index (χ3v) is 2.14. The van der Waals surface area contributed by atoms with E-state index >= 15 is 0 Å². The maximum Gasteiger partial charge on any atom is 0.183 e. The molecule has 0 aliphatic heterocycles. The van der Waals surface area contributed by atoms with Gasteiger partial charge in [0.05, 0.1) is 11.3 Å². The van der Waals surface area contributed by atoms with Gasteiger partial charge < -0.3 is 5.32 Å². The Morgan fingerprint density at radius 3 is 2.57 bits per heavy atom. The molecule has 0 saturated heterocycles. The van der Waals surface area contributed by atoms with Crippen molar-refractivity contribution < 1.29 is 8.78 Å². The second-order valence-corrected chi connectivity index (χ2v) is 3.32. The van der Waals surface area contributed by atoms with Crippen LogP contribution in [-0.4, -0.2) is 6.04 Å². The predicted octanol–water partition coefficient (Wildman–Crippen LogP) is 2.41. The van der Waals surface area contributed by atoms with Crippen molar-refractivity contribution in [2.24, 2.45) is 0 Å². The second-order valence-electron chi connectivity index (χ2n) is 3.32. The SMILES string of the molecule is N#Cc1ccc(NC2CC2)c(F)c1F. The number of benzene rings is 1. The van der Waals surface area contributed by atoms with Crippen LogP contribution in [0.4, 0.5) is 14.5 Å². The minimum absolute atomic E-state index is 0.143. The van der Waals surface area contributed by atoms with Gasteiger partial charge in [-0.2, -0.15) is 5.26 Å². The van der Waals surface area contributed by atoms with E-state index in [4.69, 9.17) is 5.26 Å². The lowest BCUT2D eigenvalue weighted by molar-refractivity contribution is 0.508. The minimum atomic E-state index is -1.07. The van der Waals surface area contributed by atoms with Gasteiger partial charge in [0.25, 0.3) is 0 Å². The topological polar surface area (TPSA) is 35.8 Å². The van der Waals surface area contributed by atoms with Crippen LogP contribution in [-0.2, 0) is 0 Å². The molecule has 1 aromatic carbocycles. The Bertz CT molecular complexity index is 405. The van der Waals surface area contributed by atoms with Crippen LogP contribution in [0.2, 0.25) is 0 Å². The van der Waals surface area contributed by atoms with Crippen LogP contribution in [0.5, 0.6) is 0 Å². The molecule has 2 nitrogen and oxygen atoms in total. The van der Waals surface area contributed by atoms with Gasteiger partial charge >= 0.3 is 0 Å². The molecule has 1 saturated carbocycles. The fourth-order valence-electron chi connectivity index (χ4n) is 1.19. The quantitative estimate of drug-likeness (QED) is 0.784. The Balaban J connectivity index is 2.33. The molecule has 0 amide bonds. The molecule has 2 rings (SSSR count). The largest absolute Gasteiger partial charge is 0.380 e. The first-order chi connectivity index (χ1) is 6.72. The number of halogens is 2. The zero-order valence-corrected chi connectivity index (χ0v) is 7.35. The molecular formula is C10H8F2N2. The summed E-state index contributed by atoms with van der Waals surface area (Å²) in [4.78, 5) is 0. The van der Waals surface area contributed by atoms with Crippen LogP contribution in [0.15, 0.2) is 12.1 Å². The summed E-state index contributed by atoms with van der Waals surface area (Å²) in [6.45, 7) is 0. The normalized spacial score (nSPS) is 14.9. The van der Waals surface area contributed by atoms with Gasteiger partial charge in [-0.25, -0.2) is 8.78 Å². The Morgan fingerprint density at radius 2 is 2.00 bits per heavy atom. The molecule has 1 aliphatic rings. The van der Waals surface area contributed by atoms with E-state index in [1.807, 2.05) is 0 Å². The maximum atomic E-state index is 13.2. The van der Waals surface area contributed by atoms with Crippen LogP contribution in [0.1, 0.15) is 18.4 Å². The van der Waals surface area contributed by atoms with E-state index in [0.717, 1.165) is 12.8 Å². The highest BCUT2D eigenvalue weighted by molar-refractivity contribution is 5.51. The molecule has 4 heteroatoms. The number of hydrogen-bond acceptors (Lipinski definition) is 2. The molecule has 1 aromatic rings. The highest BCUT2D eigenvalue weighted by Crippen LogP contribution is 2.27. The fourth-order valence-corrected chi connectivity index (χ4v) is 1.19. The second kappa shape index (κ2) is 3.26. The van der Waals surface area contributed by atoms with Gasteiger partial charge in [-0.1, -0.05) is 0 Å². The highest BCUT2D eigenvalue weighted by atomic mass is 19.2. The first-order valence-corrected chi connectivity index (χ1v) is 4.37. The number of anilines is 1. The van der Waals surface area contributed by atoms with Crippen molar-refractivity contribution in [1.82, 2.24) is 0 Å². The number of rotatable bonds is 2. The summed E-state index contributed by atoms with van der Waals surface area (Å²) in [6.07, 6.45) is 1.97. The third kappa shape index (κ3) is 1.53. The molecule has 14 heavy (non-hydrogen) atoms. The predicted molar refractivity (Wildman–Crippen MR) is 47.7 cm³/mol. The summed E-state index contributed by atoms with van der Waals surface area (Å²) in [5.74, 6) is -2.03. The zero-order valence-electron chi connectivity index (χ0n) is 7.35. The van der Waals surface area contributed by atoms with E-state index < -0.39 is 11.6 Å². The van der Waals surface area contributed by atoms with Crippen LogP contribution in [0.25, 0.3) is 0 Å². The molecule has 1 fully saturated rings. The molecule has 0 spiro atoms. The third-order valence-electron chi connectivity index (χ3n) is 2.14. The molecule has 0 heterocycles. The van der Waals surface area contributed by atoms with Gasteiger partial charge in [0, 0.05) is 6.04 Å². The van der Waals surface area contributed by atoms with Crippen molar-refractivity contribution in [3.8, 4) is 6.07 Å². The number of nitriles is 1. The standard InChI is InChI=1S/C10H8F2N2/c11-9-6(5-13)1-4-8(10(9)12)14-7-2-3-7/h1,4,7,14H,2-3H2. The van der Waals surface area contributed by atoms with Crippen molar-refractivity contribution >= 4 is 5.69 Å². The molecule has 1 aliphatic carbocycles. The Labute approximate surface area is 80.2 Å². The van der Waals surface area contributed by atoms with E-state index in [0.29, 0.717) is 0 Å². The van der Waals surface area contributed by atoms with E-state index in [9.17, 15) is 8.78 Å². The van der Waals surface area contributed by atoms with Gasteiger partial charge in [0.2, 0.25) is 0 Å². The molecule has 0 unspecified atom stereocenters. The molecule has 0 radical (unpaired) electrons. The number of hydrogen-bond donors (Lipinski definition) is 1. The summed E-state index contributed by atoms with van der Waals surface area (Å²) in [5, 5.41) is 11.3. The summed E-state index contributed by atoms with van der Waals surface area (Å²) in [5.41, 5.74) is -0.118. The lowest BCUT2D eigenvalue weighted by atomic mass is 10.2. The van der Waals surface area contributed by atoms with Crippen LogP contribution in [0, 0.1) is 23.0 Å². The van der Waals surface area contributed by atoms with Gasteiger partial charge in [0.15, 0.2) is 11.6 Å². The van der Waals surface area contributed by atoms with Gasteiger partial charge in [-0.3, -0.25) is 0 Å². The van der Waals surface area contributed by atoms with E-state index in [1.165, 1.54) is 12.1 Å². The molecule has 72 valence electrons. The van der Waals surface area contributed by atoms with Crippen LogP contribution in [0.3, 0.4) is 0 Å². The monoisotopic (exact) mass is 194 g/mol. The lowest BCUT2D eigenvalue weighted by Gasteiger charge is -2.06. The Kier molecular flexibility index (Phi) is 2.08. The molecule has 0 atom stereocenters. The maximum absolute atomic E-state index is 13.2. The highest BCUT2D eigenvalue weighted by Gasteiger charge is 2.23. The Morgan fingerprint density at radius 1 is 1.29 bits per heavy atom. The smallest absolute Gasteiger partial charge is 0.183 e. The average Bonchev–Trinajstić information content (AvgIpc) is 2.97. The van der Waals surface area contributed by atoms with Crippen molar-refractivity contribution in [2.75, 3.05) is 5.32 Å². The minimum Gasteiger partial charge on any atom is -0.380 e. The average molecular weight is 194 g/mol. The van der Waals surface area contributed by atoms with Crippen LogP contribution < -0.4 is 5.32 Å². The Hall–Kier alpha value is -1.63. The summed E-state index contributed by atoms with van der Waals surface area (Å²) in [6, 6.07) is 4.53. The van der Waals surface area contributed by atoms with Gasteiger partial charge in [0.1, 0.15) is 6.07 Å². The summed E-state index contributed by atoms with van der Waals surface area (Å²) < 4.78 is 26.3. The molecule has 1 N–H and O–H groups in total. The fraction of sp³-hybridized carbons (Fsp3) is 0.300. The zero-order chi connectivity index (χ0) is 10.1. The van der Waals surface area contributed by atoms with Gasteiger partial charge in [-0.15, -0.1) is 0 Å². The lowest BCUT2D eigenvalue weighted by Crippen LogP contribution is -2.05. The number of nitrogens with one attached hydrogen (secondary N) is 1. The molecule has 0 bridgehead atoms. The van der Waals surface area contributed by atoms with Gasteiger partial charge in [-0.05, 0) is 25.0 Å².